The molecule has 0 amide bonds. The lowest BCUT2D eigenvalue weighted by atomic mass is 9.82. The molecule has 2 aliphatic carbocycles. The lowest BCUT2D eigenvalue weighted by molar-refractivity contribution is 0.490. The third-order valence-electron chi connectivity index (χ3n) is 5.26. The molecule has 0 fully saturated rings. The van der Waals surface area contributed by atoms with Crippen molar-refractivity contribution in [1.82, 2.24) is 0 Å². The molecule has 2 atom stereocenters. The van der Waals surface area contributed by atoms with E-state index in [2.05, 4.69) is 66.3 Å². The van der Waals surface area contributed by atoms with Gasteiger partial charge in [-0.3, -0.25) is 0 Å². The summed E-state index contributed by atoms with van der Waals surface area (Å²) in [4.78, 5) is 0. The van der Waals surface area contributed by atoms with Crippen LogP contribution in [0.3, 0.4) is 0 Å². The van der Waals surface area contributed by atoms with Crippen LogP contribution in [0.15, 0.2) is 47.1 Å². The zero-order chi connectivity index (χ0) is 22.3. The topological polar surface area (TPSA) is 26.0 Å². The average molecular weight is 390 g/mol. The van der Waals surface area contributed by atoms with Crippen molar-refractivity contribution in [1.29, 1.82) is 0 Å². The van der Waals surface area contributed by atoms with Gasteiger partial charge in [0.2, 0.25) is 0 Å². The van der Waals surface area contributed by atoms with Crippen molar-refractivity contribution in [2.24, 2.45) is 17.1 Å². The first-order chi connectivity index (χ1) is 13.2. The third kappa shape index (κ3) is 11.1. The van der Waals surface area contributed by atoms with Crippen LogP contribution in [0.2, 0.25) is 0 Å². The summed E-state index contributed by atoms with van der Waals surface area (Å²) in [5.41, 5.74) is 12.1. The molecule has 0 aromatic carbocycles. The molecule has 1 heteroatoms. The van der Waals surface area contributed by atoms with Gasteiger partial charge in [-0.1, -0.05) is 98.3 Å². The molecule has 164 valence electrons. The minimum absolute atomic E-state index is 0.197. The Balaban J connectivity index is 0. The molecule has 28 heavy (non-hydrogen) atoms. The van der Waals surface area contributed by atoms with Crippen molar-refractivity contribution < 1.29 is 0 Å². The number of nitrogens with two attached hydrogens (primary N) is 1. The van der Waals surface area contributed by atoms with Gasteiger partial charge in [0.25, 0.3) is 0 Å². The third-order valence-corrected chi connectivity index (χ3v) is 5.26. The molecule has 0 spiro atoms. The maximum atomic E-state index is 6.03. The Kier molecular flexibility index (Phi) is 16.4. The first-order valence-electron chi connectivity index (χ1n) is 11.7. The van der Waals surface area contributed by atoms with Gasteiger partial charge < -0.3 is 5.73 Å². The highest BCUT2D eigenvalue weighted by Gasteiger charge is 2.18. The molecule has 2 rings (SSSR count). The molecule has 0 radical (unpaired) electrons. The van der Waals surface area contributed by atoms with Gasteiger partial charge in [-0.05, 0) is 67.9 Å². The molecule has 2 N–H and O–H groups in total. The van der Waals surface area contributed by atoms with E-state index in [9.17, 15) is 0 Å². The van der Waals surface area contributed by atoms with Gasteiger partial charge in [0.15, 0.2) is 0 Å². The van der Waals surface area contributed by atoms with Crippen LogP contribution < -0.4 is 5.73 Å². The normalized spacial score (nSPS) is 19.7. The molecule has 0 saturated carbocycles. The maximum Gasteiger partial charge on any atom is 0.0230 e. The molecule has 0 aromatic heterocycles. The second-order valence-electron chi connectivity index (χ2n) is 8.41. The summed E-state index contributed by atoms with van der Waals surface area (Å²) in [7, 11) is 0. The molecule has 0 aromatic rings. The van der Waals surface area contributed by atoms with E-state index < -0.39 is 0 Å². The molecular weight excluding hydrogens is 338 g/mol. The number of hydrogen-bond donors (Lipinski definition) is 1. The lowest BCUT2D eigenvalue weighted by Gasteiger charge is -2.25. The number of allylic oxidation sites excluding steroid dienone is 6. The molecule has 0 heterocycles. The SMILES string of the molecule is C=C(CC)C(C)(C)C.CC.CC.CC(N)C1=CC(C2=CCCCC2)=CCC1C. The molecule has 2 unspecified atom stereocenters. The Hall–Kier alpha value is -1.08. The minimum Gasteiger partial charge on any atom is -0.324 e. The maximum absolute atomic E-state index is 6.03. The fraction of sp³-hybridized carbons (Fsp3) is 0.704. The zero-order valence-corrected chi connectivity index (χ0v) is 20.9. The van der Waals surface area contributed by atoms with Gasteiger partial charge >= 0.3 is 0 Å². The quantitative estimate of drug-likeness (QED) is 0.479. The molecule has 0 saturated heterocycles. The van der Waals surface area contributed by atoms with E-state index in [0.717, 1.165) is 12.8 Å². The standard InChI is InChI=1S/C15H23N.C8H16.2C2H6/c1-11-8-9-14(10-15(11)12(2)16)13-6-4-3-5-7-13;1-6-7(2)8(3,4)5;2*1-2/h6,9-12H,3-5,7-8,16H2,1-2H3;2,6H2,1,3-5H3;2*1-2H3. The highest BCUT2D eigenvalue weighted by atomic mass is 14.6. The molecule has 0 aliphatic heterocycles. The highest BCUT2D eigenvalue weighted by Crippen LogP contribution is 2.32. The molecule has 2 aliphatic rings. The van der Waals surface area contributed by atoms with Crippen molar-refractivity contribution in [3.63, 3.8) is 0 Å². The first-order valence-corrected chi connectivity index (χ1v) is 11.7. The fourth-order valence-electron chi connectivity index (χ4n) is 3.26. The van der Waals surface area contributed by atoms with Crippen LogP contribution in [-0.2, 0) is 0 Å². The van der Waals surface area contributed by atoms with E-state index in [1.807, 2.05) is 27.7 Å². The Labute approximate surface area is 178 Å². The Morgan fingerprint density at radius 2 is 1.71 bits per heavy atom. The van der Waals surface area contributed by atoms with E-state index in [0.29, 0.717) is 11.3 Å². The van der Waals surface area contributed by atoms with E-state index in [-0.39, 0.29) is 6.04 Å². The van der Waals surface area contributed by atoms with E-state index in [1.165, 1.54) is 42.4 Å². The van der Waals surface area contributed by atoms with Crippen molar-refractivity contribution in [3.05, 3.63) is 47.1 Å². The van der Waals surface area contributed by atoms with Gasteiger partial charge in [0, 0.05) is 6.04 Å². The van der Waals surface area contributed by atoms with Gasteiger partial charge in [-0.2, -0.15) is 0 Å². The first kappa shape index (κ1) is 29.1. The van der Waals surface area contributed by atoms with Crippen LogP contribution >= 0.6 is 0 Å². The predicted octanol–water partition coefficient (Wildman–Crippen LogP) is 8.78. The summed E-state index contributed by atoms with van der Waals surface area (Å²) in [6, 6.07) is 0.197. The molecule has 0 bridgehead atoms. The van der Waals surface area contributed by atoms with Crippen molar-refractivity contribution in [3.8, 4) is 0 Å². The zero-order valence-electron chi connectivity index (χ0n) is 20.9. The Morgan fingerprint density at radius 1 is 1.14 bits per heavy atom. The summed E-state index contributed by atoms with van der Waals surface area (Å²) in [6.45, 7) is 25.0. The van der Waals surface area contributed by atoms with Crippen molar-refractivity contribution in [2.75, 3.05) is 0 Å². The Bertz CT molecular complexity index is 509. The summed E-state index contributed by atoms with van der Waals surface area (Å²) < 4.78 is 0. The second-order valence-corrected chi connectivity index (χ2v) is 8.41. The Morgan fingerprint density at radius 3 is 2.07 bits per heavy atom. The van der Waals surface area contributed by atoms with Crippen molar-refractivity contribution >= 4 is 0 Å². The summed E-state index contributed by atoms with van der Waals surface area (Å²) in [5, 5.41) is 0. The molecular formula is C27H51N. The van der Waals surface area contributed by atoms with Crippen LogP contribution in [0, 0.1) is 11.3 Å². The van der Waals surface area contributed by atoms with Crippen molar-refractivity contribution in [2.45, 2.75) is 114 Å². The smallest absolute Gasteiger partial charge is 0.0230 e. The van der Waals surface area contributed by atoms with Crippen LogP contribution in [-0.4, -0.2) is 6.04 Å². The van der Waals surface area contributed by atoms with Gasteiger partial charge in [-0.25, -0.2) is 0 Å². The van der Waals surface area contributed by atoms with Crippen LogP contribution in [0.1, 0.15) is 108 Å². The number of hydrogen-bond acceptors (Lipinski definition) is 1. The van der Waals surface area contributed by atoms with Gasteiger partial charge in [-0.15, -0.1) is 0 Å². The second kappa shape index (κ2) is 15.8. The predicted molar refractivity (Wildman–Crippen MR) is 132 cm³/mol. The van der Waals surface area contributed by atoms with Crippen LogP contribution in [0.4, 0.5) is 0 Å². The van der Waals surface area contributed by atoms with Crippen LogP contribution in [0.25, 0.3) is 0 Å². The minimum atomic E-state index is 0.197. The molecule has 1 nitrogen and oxygen atoms in total. The van der Waals surface area contributed by atoms with Crippen LogP contribution in [0.5, 0.6) is 0 Å². The lowest BCUT2D eigenvalue weighted by Crippen LogP contribution is -2.24. The van der Waals surface area contributed by atoms with Gasteiger partial charge in [0.1, 0.15) is 0 Å². The highest BCUT2D eigenvalue weighted by molar-refractivity contribution is 5.45. The fourth-order valence-corrected chi connectivity index (χ4v) is 3.26. The average Bonchev–Trinajstić information content (AvgIpc) is 2.71. The number of rotatable bonds is 3. The van der Waals surface area contributed by atoms with E-state index in [4.69, 9.17) is 5.73 Å². The largest absolute Gasteiger partial charge is 0.324 e. The monoisotopic (exact) mass is 389 g/mol. The summed E-state index contributed by atoms with van der Waals surface area (Å²) in [6.07, 6.45) is 14.6. The van der Waals surface area contributed by atoms with E-state index in [1.54, 1.807) is 5.57 Å². The van der Waals surface area contributed by atoms with Gasteiger partial charge in [0.05, 0.1) is 0 Å². The summed E-state index contributed by atoms with van der Waals surface area (Å²) >= 11 is 0. The summed E-state index contributed by atoms with van der Waals surface area (Å²) in [5.74, 6) is 0.618. The van der Waals surface area contributed by atoms with E-state index >= 15 is 0 Å².